The molecule has 1 amide bonds. The molecule has 0 spiro atoms. The number of esters is 1. The molecule has 4 nitrogen and oxygen atoms in total. The predicted octanol–water partition coefficient (Wildman–Crippen LogP) is 3.03. The van der Waals surface area contributed by atoms with Crippen molar-refractivity contribution in [2.75, 3.05) is 19.1 Å². The summed E-state index contributed by atoms with van der Waals surface area (Å²) in [7, 11) is 2.51. The van der Waals surface area contributed by atoms with Gasteiger partial charge in [-0.15, -0.1) is 0 Å². The van der Waals surface area contributed by atoms with E-state index in [1.54, 1.807) is 0 Å². The lowest BCUT2D eigenvalue weighted by atomic mass is 10.1. The molecule has 0 unspecified atom stereocenters. The maximum atomic E-state index is 14.3. The lowest BCUT2D eigenvalue weighted by Crippen LogP contribution is -2.27. The first kappa shape index (κ1) is 15.6. The van der Waals surface area contributed by atoms with Crippen LogP contribution in [0.5, 0.6) is 0 Å². The van der Waals surface area contributed by atoms with Crippen LogP contribution >= 0.6 is 0 Å². The Kier molecular flexibility index (Phi) is 4.50. The number of benzene rings is 2. The molecule has 0 N–H and O–H groups in total. The fourth-order valence-electron chi connectivity index (χ4n) is 1.94. The van der Waals surface area contributed by atoms with Gasteiger partial charge in [0.2, 0.25) is 0 Å². The van der Waals surface area contributed by atoms with Crippen LogP contribution in [0.3, 0.4) is 0 Å². The zero-order chi connectivity index (χ0) is 16.3. The van der Waals surface area contributed by atoms with Crippen molar-refractivity contribution in [2.24, 2.45) is 0 Å². The smallest absolute Gasteiger partial charge is 0.340 e. The quantitative estimate of drug-likeness (QED) is 0.819. The van der Waals surface area contributed by atoms with Crippen LogP contribution in [-0.4, -0.2) is 26.0 Å². The number of hydrogen-bond donors (Lipinski definition) is 0. The van der Waals surface area contributed by atoms with Crippen molar-refractivity contribution < 1.29 is 23.1 Å². The Bertz CT molecular complexity index is 714. The first-order valence-electron chi connectivity index (χ1n) is 6.36. The van der Waals surface area contributed by atoms with Crippen LogP contribution in [0.25, 0.3) is 0 Å². The average Bonchev–Trinajstić information content (AvgIpc) is 2.53. The number of ether oxygens (including phenoxy) is 1. The number of amides is 1. The number of carbonyl (C=O) groups is 2. The van der Waals surface area contributed by atoms with Crippen LogP contribution in [0.1, 0.15) is 20.7 Å². The molecule has 22 heavy (non-hydrogen) atoms. The summed E-state index contributed by atoms with van der Waals surface area (Å²) in [4.78, 5) is 24.8. The number of hydrogen-bond acceptors (Lipinski definition) is 3. The van der Waals surface area contributed by atoms with Crippen LogP contribution < -0.4 is 4.90 Å². The third-order valence-electron chi connectivity index (χ3n) is 3.14. The van der Waals surface area contributed by atoms with Gasteiger partial charge in [-0.25, -0.2) is 13.6 Å². The van der Waals surface area contributed by atoms with Crippen molar-refractivity contribution in [3.63, 3.8) is 0 Å². The normalized spacial score (nSPS) is 10.2. The molecule has 2 aromatic rings. The number of rotatable bonds is 3. The molecule has 0 aromatic heterocycles. The fraction of sp³-hybridized carbons (Fsp3) is 0.125. The van der Waals surface area contributed by atoms with Gasteiger partial charge in [0.15, 0.2) is 5.82 Å². The summed E-state index contributed by atoms with van der Waals surface area (Å²) in [5, 5.41) is 0. The van der Waals surface area contributed by atoms with Crippen molar-refractivity contribution >= 4 is 17.6 Å². The molecule has 0 aliphatic heterocycles. The van der Waals surface area contributed by atoms with E-state index >= 15 is 0 Å². The first-order chi connectivity index (χ1) is 10.5. The van der Waals surface area contributed by atoms with Gasteiger partial charge in [0.25, 0.3) is 5.91 Å². The van der Waals surface area contributed by atoms with Crippen molar-refractivity contribution in [1.82, 2.24) is 0 Å². The minimum absolute atomic E-state index is 0.0720. The third kappa shape index (κ3) is 2.95. The van der Waals surface area contributed by atoms with E-state index in [9.17, 15) is 18.4 Å². The molecule has 0 heterocycles. The molecule has 0 atom stereocenters. The summed E-state index contributed by atoms with van der Waals surface area (Å²) >= 11 is 0. The third-order valence-corrected chi connectivity index (χ3v) is 3.14. The van der Waals surface area contributed by atoms with Gasteiger partial charge in [-0.2, -0.15) is 0 Å². The van der Waals surface area contributed by atoms with E-state index in [0.717, 1.165) is 24.1 Å². The molecule has 0 fully saturated rings. The standard InChI is InChI=1S/C16H13F2NO3/c1-19(15(20)10-6-8-11(17)9-7-10)13-5-3-4-12(14(13)18)16(21)22-2/h3-9H,1-2H3. The van der Waals surface area contributed by atoms with Crippen molar-refractivity contribution in [3.05, 3.63) is 65.2 Å². The summed E-state index contributed by atoms with van der Waals surface area (Å²) < 4.78 is 31.7. The number of halogens is 2. The lowest BCUT2D eigenvalue weighted by molar-refractivity contribution is 0.0595. The second-order valence-corrected chi connectivity index (χ2v) is 4.50. The van der Waals surface area contributed by atoms with E-state index in [2.05, 4.69) is 4.74 Å². The summed E-state index contributed by atoms with van der Waals surface area (Å²) in [6.45, 7) is 0. The minimum Gasteiger partial charge on any atom is -0.465 e. The molecule has 0 aliphatic rings. The molecule has 6 heteroatoms. The Morgan fingerprint density at radius 2 is 1.68 bits per heavy atom. The highest BCUT2D eigenvalue weighted by Gasteiger charge is 2.21. The molecule has 2 rings (SSSR count). The van der Waals surface area contributed by atoms with Crippen LogP contribution in [0.4, 0.5) is 14.5 Å². The SMILES string of the molecule is COC(=O)c1cccc(N(C)C(=O)c2ccc(F)cc2)c1F. The molecular weight excluding hydrogens is 292 g/mol. The molecular formula is C16H13F2NO3. The molecule has 114 valence electrons. The summed E-state index contributed by atoms with van der Waals surface area (Å²) in [6.07, 6.45) is 0. The maximum Gasteiger partial charge on any atom is 0.340 e. The minimum atomic E-state index is -0.854. The zero-order valence-corrected chi connectivity index (χ0v) is 12.0. The van der Waals surface area contributed by atoms with Gasteiger partial charge in [-0.3, -0.25) is 4.79 Å². The molecule has 0 aliphatic carbocycles. The van der Waals surface area contributed by atoms with Gasteiger partial charge in [0.05, 0.1) is 18.4 Å². The fourth-order valence-corrected chi connectivity index (χ4v) is 1.94. The highest BCUT2D eigenvalue weighted by atomic mass is 19.1. The van der Waals surface area contributed by atoms with Crippen LogP contribution in [0, 0.1) is 11.6 Å². The molecule has 0 radical (unpaired) electrons. The second-order valence-electron chi connectivity index (χ2n) is 4.50. The zero-order valence-electron chi connectivity index (χ0n) is 12.0. The number of methoxy groups -OCH3 is 1. The topological polar surface area (TPSA) is 46.6 Å². The Balaban J connectivity index is 2.37. The van der Waals surface area contributed by atoms with Crippen LogP contribution in [0.15, 0.2) is 42.5 Å². The van der Waals surface area contributed by atoms with E-state index in [1.165, 1.54) is 37.4 Å². The van der Waals surface area contributed by atoms with Crippen molar-refractivity contribution in [3.8, 4) is 0 Å². The summed E-state index contributed by atoms with van der Waals surface area (Å²) in [5.41, 5.74) is -0.136. The van der Waals surface area contributed by atoms with E-state index in [1.807, 2.05) is 0 Å². The predicted molar refractivity (Wildman–Crippen MR) is 76.9 cm³/mol. The number of nitrogens with zero attached hydrogens (tertiary/aromatic N) is 1. The molecule has 2 aromatic carbocycles. The monoisotopic (exact) mass is 305 g/mol. The Hall–Kier alpha value is -2.76. The van der Waals surface area contributed by atoms with Crippen molar-refractivity contribution in [2.45, 2.75) is 0 Å². The summed E-state index contributed by atoms with van der Waals surface area (Å²) in [5.74, 6) is -2.69. The van der Waals surface area contributed by atoms with Crippen LogP contribution in [-0.2, 0) is 4.74 Å². The van der Waals surface area contributed by atoms with E-state index < -0.39 is 23.5 Å². The highest BCUT2D eigenvalue weighted by Crippen LogP contribution is 2.23. The molecule has 0 saturated carbocycles. The van der Waals surface area contributed by atoms with E-state index in [0.29, 0.717) is 0 Å². The highest BCUT2D eigenvalue weighted by molar-refractivity contribution is 6.06. The Labute approximate surface area is 125 Å². The van der Waals surface area contributed by atoms with Gasteiger partial charge in [0.1, 0.15) is 5.82 Å². The molecule has 0 saturated heterocycles. The van der Waals surface area contributed by atoms with Crippen molar-refractivity contribution in [1.29, 1.82) is 0 Å². The van der Waals surface area contributed by atoms with Gasteiger partial charge < -0.3 is 9.64 Å². The number of carbonyl (C=O) groups excluding carboxylic acids is 2. The molecule has 0 bridgehead atoms. The van der Waals surface area contributed by atoms with Gasteiger partial charge in [-0.1, -0.05) is 6.07 Å². The lowest BCUT2D eigenvalue weighted by Gasteiger charge is -2.19. The average molecular weight is 305 g/mol. The van der Waals surface area contributed by atoms with Crippen LogP contribution in [0.2, 0.25) is 0 Å². The van der Waals surface area contributed by atoms with Gasteiger partial charge >= 0.3 is 5.97 Å². The van der Waals surface area contributed by atoms with Gasteiger partial charge in [0, 0.05) is 12.6 Å². The van der Waals surface area contributed by atoms with E-state index in [4.69, 9.17) is 0 Å². The Morgan fingerprint density at radius 1 is 1.05 bits per heavy atom. The summed E-state index contributed by atoms with van der Waals surface area (Å²) in [6, 6.07) is 8.96. The first-order valence-corrected chi connectivity index (χ1v) is 6.36. The Morgan fingerprint density at radius 3 is 2.27 bits per heavy atom. The maximum absolute atomic E-state index is 14.3. The number of anilines is 1. The largest absolute Gasteiger partial charge is 0.465 e. The van der Waals surface area contributed by atoms with E-state index in [-0.39, 0.29) is 16.8 Å². The second kappa shape index (κ2) is 6.34. The van der Waals surface area contributed by atoms with Gasteiger partial charge in [-0.05, 0) is 36.4 Å².